The van der Waals surface area contributed by atoms with Gasteiger partial charge in [0.25, 0.3) is 0 Å². The lowest BCUT2D eigenvalue weighted by Crippen LogP contribution is -2.27. The van der Waals surface area contributed by atoms with Gasteiger partial charge in [-0.2, -0.15) is 0 Å². The molecule has 0 unspecified atom stereocenters. The van der Waals surface area contributed by atoms with E-state index in [1.165, 1.54) is 25.3 Å². The molecule has 1 aromatic carbocycles. The number of nitrogens with one attached hydrogen (secondary N) is 1. The minimum atomic E-state index is -3.58. The molecule has 0 fully saturated rings. The van der Waals surface area contributed by atoms with E-state index >= 15 is 0 Å². The van der Waals surface area contributed by atoms with Crippen LogP contribution in [0.4, 0.5) is 0 Å². The molecule has 6 nitrogen and oxygen atoms in total. The van der Waals surface area contributed by atoms with Crippen LogP contribution in [0.3, 0.4) is 0 Å². The first-order valence-corrected chi connectivity index (χ1v) is 7.68. The van der Waals surface area contributed by atoms with Crippen molar-refractivity contribution < 1.29 is 13.2 Å². The number of methoxy groups -OCH3 is 1. The molecule has 1 N–H and O–H groups in total. The lowest BCUT2D eigenvalue weighted by atomic mass is 10.3. The number of rotatable bonds is 6. The molecule has 0 aliphatic carbocycles. The fourth-order valence-corrected chi connectivity index (χ4v) is 2.99. The summed E-state index contributed by atoms with van der Waals surface area (Å²) < 4.78 is 33.4. The van der Waals surface area contributed by atoms with Crippen LogP contribution in [0, 0.1) is 0 Å². The Bertz CT molecular complexity index is 671. The number of hydrogen-bond acceptors (Lipinski definition) is 4. The van der Waals surface area contributed by atoms with Gasteiger partial charge in [-0.05, 0) is 18.2 Å². The molecule has 2 aromatic rings. The first-order chi connectivity index (χ1) is 9.53. The second kappa shape index (κ2) is 6.25. The number of imidazole rings is 1. The molecule has 0 amide bonds. The van der Waals surface area contributed by atoms with E-state index in [0.29, 0.717) is 12.3 Å². The Morgan fingerprint density at radius 1 is 1.45 bits per heavy atom. The zero-order valence-corrected chi connectivity index (χ0v) is 12.4. The van der Waals surface area contributed by atoms with Crippen LogP contribution >= 0.6 is 11.6 Å². The number of hydrogen-bond donors (Lipinski definition) is 1. The molecule has 0 aliphatic heterocycles. The number of ether oxygens (including phenoxy) is 1. The predicted molar refractivity (Wildman–Crippen MR) is 75.4 cm³/mol. The largest absolute Gasteiger partial charge is 0.495 e. The van der Waals surface area contributed by atoms with Gasteiger partial charge < -0.3 is 9.30 Å². The molecule has 0 saturated heterocycles. The van der Waals surface area contributed by atoms with Gasteiger partial charge in [0.15, 0.2) is 0 Å². The SMILES string of the molecule is COc1ccc(S(=O)(=O)NCCn2ccnc2)cc1Cl. The third kappa shape index (κ3) is 3.50. The standard InChI is InChI=1S/C12H14ClN3O3S/c1-19-12-3-2-10(8-11(12)13)20(17,18)15-5-7-16-6-4-14-9-16/h2-4,6,8-9,15H,5,7H2,1H3. The van der Waals surface area contributed by atoms with Gasteiger partial charge in [0.05, 0.1) is 23.4 Å². The number of nitrogens with zero attached hydrogens (tertiary/aromatic N) is 2. The molecule has 2 rings (SSSR count). The van der Waals surface area contributed by atoms with Crippen molar-refractivity contribution in [3.63, 3.8) is 0 Å². The molecule has 0 saturated carbocycles. The normalized spacial score (nSPS) is 11.5. The molecule has 0 radical (unpaired) electrons. The van der Waals surface area contributed by atoms with E-state index in [1.54, 1.807) is 23.3 Å². The summed E-state index contributed by atoms with van der Waals surface area (Å²) in [6.45, 7) is 0.769. The van der Waals surface area contributed by atoms with Crippen molar-refractivity contribution >= 4 is 21.6 Å². The van der Waals surface area contributed by atoms with Crippen molar-refractivity contribution in [2.75, 3.05) is 13.7 Å². The molecule has 0 bridgehead atoms. The maximum absolute atomic E-state index is 12.1. The summed E-state index contributed by atoms with van der Waals surface area (Å²) in [4.78, 5) is 3.99. The highest BCUT2D eigenvalue weighted by Gasteiger charge is 2.15. The number of halogens is 1. The van der Waals surface area contributed by atoms with E-state index in [-0.39, 0.29) is 16.5 Å². The highest BCUT2D eigenvalue weighted by Crippen LogP contribution is 2.26. The highest BCUT2D eigenvalue weighted by atomic mass is 35.5. The Labute approximate surface area is 122 Å². The summed E-state index contributed by atoms with van der Waals surface area (Å²) in [5, 5.41) is 0.255. The zero-order chi connectivity index (χ0) is 14.6. The van der Waals surface area contributed by atoms with Crippen LogP contribution in [0.15, 0.2) is 41.8 Å². The van der Waals surface area contributed by atoms with E-state index in [2.05, 4.69) is 9.71 Å². The smallest absolute Gasteiger partial charge is 0.240 e. The molecule has 108 valence electrons. The highest BCUT2D eigenvalue weighted by molar-refractivity contribution is 7.89. The average molecular weight is 316 g/mol. The van der Waals surface area contributed by atoms with Gasteiger partial charge >= 0.3 is 0 Å². The molecule has 20 heavy (non-hydrogen) atoms. The summed E-state index contributed by atoms with van der Waals surface area (Å²) in [6.07, 6.45) is 5.02. The molecule has 0 atom stereocenters. The van der Waals surface area contributed by atoms with Crippen molar-refractivity contribution in [1.29, 1.82) is 0 Å². The first-order valence-electron chi connectivity index (χ1n) is 5.82. The van der Waals surface area contributed by atoms with Gasteiger partial charge in [0, 0.05) is 25.5 Å². The quantitative estimate of drug-likeness (QED) is 0.877. The van der Waals surface area contributed by atoms with Crippen LogP contribution in [0.25, 0.3) is 0 Å². The summed E-state index contributed by atoms with van der Waals surface area (Å²) in [5.74, 6) is 0.434. The van der Waals surface area contributed by atoms with Crippen LogP contribution in [-0.2, 0) is 16.6 Å². The van der Waals surface area contributed by atoms with Gasteiger partial charge in [0.1, 0.15) is 5.75 Å². The van der Waals surface area contributed by atoms with Crippen LogP contribution in [-0.4, -0.2) is 31.6 Å². The first kappa shape index (κ1) is 14.8. The minimum Gasteiger partial charge on any atom is -0.495 e. The number of aromatic nitrogens is 2. The Balaban J connectivity index is 2.04. The second-order valence-corrected chi connectivity index (χ2v) is 6.17. The van der Waals surface area contributed by atoms with E-state index in [0.717, 1.165) is 0 Å². The zero-order valence-electron chi connectivity index (χ0n) is 10.8. The van der Waals surface area contributed by atoms with Gasteiger partial charge in [-0.1, -0.05) is 11.6 Å². The Morgan fingerprint density at radius 2 is 2.25 bits per heavy atom. The maximum Gasteiger partial charge on any atom is 0.240 e. The molecule has 8 heteroatoms. The third-order valence-corrected chi connectivity index (χ3v) is 4.41. The topological polar surface area (TPSA) is 73.2 Å². The fraction of sp³-hybridized carbons (Fsp3) is 0.250. The summed E-state index contributed by atoms with van der Waals surface area (Å²) in [6, 6.07) is 4.33. The lowest BCUT2D eigenvalue weighted by molar-refractivity contribution is 0.414. The number of sulfonamides is 1. The summed E-state index contributed by atoms with van der Waals surface area (Å²) in [5.41, 5.74) is 0. The van der Waals surface area contributed by atoms with Crippen molar-refractivity contribution in [3.8, 4) is 5.75 Å². The molecular formula is C12H14ClN3O3S. The van der Waals surface area contributed by atoms with Gasteiger partial charge in [-0.25, -0.2) is 18.1 Å². The third-order valence-electron chi connectivity index (χ3n) is 2.65. The van der Waals surface area contributed by atoms with Crippen LogP contribution in [0.1, 0.15) is 0 Å². The number of benzene rings is 1. The Morgan fingerprint density at radius 3 is 2.85 bits per heavy atom. The average Bonchev–Trinajstić information content (AvgIpc) is 2.91. The van der Waals surface area contributed by atoms with Crippen molar-refractivity contribution in [2.24, 2.45) is 0 Å². The molecule has 0 aliphatic rings. The molecule has 0 spiro atoms. The van der Waals surface area contributed by atoms with E-state index < -0.39 is 10.0 Å². The van der Waals surface area contributed by atoms with Gasteiger partial charge in [0.2, 0.25) is 10.0 Å². The maximum atomic E-state index is 12.1. The summed E-state index contributed by atoms with van der Waals surface area (Å²) >= 11 is 5.92. The monoisotopic (exact) mass is 315 g/mol. The van der Waals surface area contributed by atoms with E-state index in [1.807, 2.05) is 0 Å². The van der Waals surface area contributed by atoms with E-state index in [9.17, 15) is 8.42 Å². The Kier molecular flexibility index (Phi) is 4.64. The van der Waals surface area contributed by atoms with Crippen molar-refractivity contribution in [1.82, 2.24) is 14.3 Å². The van der Waals surface area contributed by atoms with Crippen LogP contribution in [0.5, 0.6) is 5.75 Å². The van der Waals surface area contributed by atoms with Crippen molar-refractivity contribution in [2.45, 2.75) is 11.4 Å². The van der Waals surface area contributed by atoms with Gasteiger partial charge in [-0.3, -0.25) is 0 Å². The Hall–Kier alpha value is -1.57. The van der Waals surface area contributed by atoms with Crippen LogP contribution in [0.2, 0.25) is 5.02 Å². The second-order valence-electron chi connectivity index (χ2n) is 3.99. The van der Waals surface area contributed by atoms with E-state index in [4.69, 9.17) is 16.3 Å². The minimum absolute atomic E-state index is 0.105. The fourth-order valence-electron chi connectivity index (χ4n) is 1.63. The predicted octanol–water partition coefficient (Wildman–Crippen LogP) is 1.52. The van der Waals surface area contributed by atoms with Crippen LogP contribution < -0.4 is 9.46 Å². The molecule has 1 aromatic heterocycles. The molecular weight excluding hydrogens is 302 g/mol. The van der Waals surface area contributed by atoms with Gasteiger partial charge in [-0.15, -0.1) is 0 Å². The lowest BCUT2D eigenvalue weighted by Gasteiger charge is -2.09. The van der Waals surface area contributed by atoms with Crippen molar-refractivity contribution in [3.05, 3.63) is 41.9 Å². The molecule has 1 heterocycles. The summed E-state index contributed by atoms with van der Waals surface area (Å²) in [7, 11) is -2.11.